The first-order valence-corrected chi connectivity index (χ1v) is 9.00. The molecule has 1 fully saturated rings. The van der Waals surface area contributed by atoms with E-state index in [0.717, 1.165) is 0 Å². The third-order valence-corrected chi connectivity index (χ3v) is 5.72. The van der Waals surface area contributed by atoms with E-state index in [2.05, 4.69) is 0 Å². The second-order valence-corrected chi connectivity index (χ2v) is 7.43. The standard InChI is InChI=1S/C15H22N2O4S/c1-3-22(19,20)17-10-4-9-16(11-12-17)15(18)13-5-7-14(21-2)8-6-13/h5-8H,3-4,9-12H2,1-2H3. The van der Waals surface area contributed by atoms with Crippen molar-refractivity contribution in [3.05, 3.63) is 29.8 Å². The van der Waals surface area contributed by atoms with Gasteiger partial charge in [0.25, 0.3) is 5.91 Å². The number of carbonyl (C=O) groups excluding carboxylic acids is 1. The molecule has 0 atom stereocenters. The molecule has 0 unspecified atom stereocenters. The van der Waals surface area contributed by atoms with Gasteiger partial charge in [-0.3, -0.25) is 4.79 Å². The van der Waals surface area contributed by atoms with Gasteiger partial charge in [0.1, 0.15) is 5.75 Å². The summed E-state index contributed by atoms with van der Waals surface area (Å²) in [6.45, 7) is 3.46. The average molecular weight is 326 g/mol. The van der Waals surface area contributed by atoms with E-state index >= 15 is 0 Å². The maximum absolute atomic E-state index is 12.5. The van der Waals surface area contributed by atoms with Gasteiger partial charge in [-0.2, -0.15) is 0 Å². The van der Waals surface area contributed by atoms with E-state index in [0.29, 0.717) is 43.9 Å². The summed E-state index contributed by atoms with van der Waals surface area (Å²) in [5.41, 5.74) is 0.590. The minimum atomic E-state index is -3.19. The number of nitrogens with zero attached hydrogens (tertiary/aromatic N) is 2. The number of benzene rings is 1. The topological polar surface area (TPSA) is 66.9 Å². The van der Waals surface area contributed by atoms with Gasteiger partial charge < -0.3 is 9.64 Å². The number of methoxy groups -OCH3 is 1. The van der Waals surface area contributed by atoms with Gasteiger partial charge >= 0.3 is 0 Å². The molecular formula is C15H22N2O4S. The molecule has 0 aromatic heterocycles. The molecule has 0 bridgehead atoms. The van der Waals surface area contributed by atoms with Crippen molar-refractivity contribution in [3.8, 4) is 5.75 Å². The molecule has 1 aliphatic heterocycles. The Kier molecular flexibility index (Phi) is 5.42. The molecule has 1 heterocycles. The molecule has 6 nitrogen and oxygen atoms in total. The molecule has 1 aliphatic rings. The summed E-state index contributed by atoms with van der Waals surface area (Å²) in [4.78, 5) is 14.2. The summed E-state index contributed by atoms with van der Waals surface area (Å²) in [5.74, 6) is 0.727. The van der Waals surface area contributed by atoms with Gasteiger partial charge in [-0.05, 0) is 37.6 Å². The summed E-state index contributed by atoms with van der Waals surface area (Å²) in [6, 6.07) is 6.96. The lowest BCUT2D eigenvalue weighted by molar-refractivity contribution is 0.0764. The number of hydrogen-bond acceptors (Lipinski definition) is 4. The zero-order chi connectivity index (χ0) is 16.2. The van der Waals surface area contributed by atoms with E-state index in [1.54, 1.807) is 43.2 Å². The minimum absolute atomic E-state index is 0.0709. The van der Waals surface area contributed by atoms with E-state index in [1.165, 1.54) is 4.31 Å². The van der Waals surface area contributed by atoms with Crippen LogP contribution in [-0.4, -0.2) is 62.6 Å². The van der Waals surface area contributed by atoms with Crippen LogP contribution in [0.4, 0.5) is 0 Å². The van der Waals surface area contributed by atoms with Gasteiger partial charge in [0, 0.05) is 31.7 Å². The minimum Gasteiger partial charge on any atom is -0.497 e. The number of amides is 1. The first kappa shape index (κ1) is 16.8. The van der Waals surface area contributed by atoms with Crippen LogP contribution < -0.4 is 4.74 Å². The zero-order valence-corrected chi connectivity index (χ0v) is 13.8. The van der Waals surface area contributed by atoms with Crippen molar-refractivity contribution in [1.82, 2.24) is 9.21 Å². The van der Waals surface area contributed by atoms with Crippen LogP contribution in [-0.2, 0) is 10.0 Å². The lowest BCUT2D eigenvalue weighted by Crippen LogP contribution is -2.37. The first-order chi connectivity index (χ1) is 10.5. The predicted molar refractivity (Wildman–Crippen MR) is 84.5 cm³/mol. The molecule has 0 saturated carbocycles. The quantitative estimate of drug-likeness (QED) is 0.834. The molecule has 122 valence electrons. The molecule has 0 radical (unpaired) electrons. The van der Waals surface area contributed by atoms with Crippen molar-refractivity contribution in [1.29, 1.82) is 0 Å². The van der Waals surface area contributed by atoms with Crippen LogP contribution in [0.25, 0.3) is 0 Å². The van der Waals surface area contributed by atoms with Gasteiger partial charge in [0.15, 0.2) is 0 Å². The second kappa shape index (κ2) is 7.11. The van der Waals surface area contributed by atoms with Gasteiger partial charge in [0.2, 0.25) is 10.0 Å². The van der Waals surface area contributed by atoms with Gasteiger partial charge in [-0.15, -0.1) is 0 Å². The summed E-state index contributed by atoms with van der Waals surface area (Å²) in [7, 11) is -1.61. The van der Waals surface area contributed by atoms with Crippen molar-refractivity contribution < 1.29 is 17.9 Å². The van der Waals surface area contributed by atoms with Crippen molar-refractivity contribution in [3.63, 3.8) is 0 Å². The van der Waals surface area contributed by atoms with Crippen LogP contribution in [0.15, 0.2) is 24.3 Å². The molecule has 1 amide bonds. The monoisotopic (exact) mass is 326 g/mol. The fraction of sp³-hybridized carbons (Fsp3) is 0.533. The van der Waals surface area contributed by atoms with Crippen molar-refractivity contribution in [2.75, 3.05) is 39.0 Å². The molecule has 1 saturated heterocycles. The zero-order valence-electron chi connectivity index (χ0n) is 13.0. The van der Waals surface area contributed by atoms with Gasteiger partial charge in [0.05, 0.1) is 12.9 Å². The summed E-state index contributed by atoms with van der Waals surface area (Å²) in [5, 5.41) is 0. The third kappa shape index (κ3) is 3.78. The Morgan fingerprint density at radius 1 is 1.14 bits per heavy atom. The van der Waals surface area contributed by atoms with Crippen LogP contribution in [0, 0.1) is 0 Å². The molecule has 0 N–H and O–H groups in total. The van der Waals surface area contributed by atoms with E-state index in [9.17, 15) is 13.2 Å². The van der Waals surface area contributed by atoms with Gasteiger partial charge in [-0.1, -0.05) is 0 Å². The summed E-state index contributed by atoms with van der Waals surface area (Å²) < 4.78 is 30.4. The lowest BCUT2D eigenvalue weighted by atomic mass is 10.2. The van der Waals surface area contributed by atoms with Crippen LogP contribution >= 0.6 is 0 Å². The van der Waals surface area contributed by atoms with E-state index in [-0.39, 0.29) is 11.7 Å². The number of carbonyl (C=O) groups is 1. The SMILES string of the molecule is CCS(=O)(=O)N1CCCN(C(=O)c2ccc(OC)cc2)CC1. The number of ether oxygens (including phenoxy) is 1. The Balaban J connectivity index is 2.05. The van der Waals surface area contributed by atoms with Crippen molar-refractivity contribution >= 4 is 15.9 Å². The van der Waals surface area contributed by atoms with Crippen LogP contribution in [0.3, 0.4) is 0 Å². The molecule has 2 rings (SSSR count). The van der Waals surface area contributed by atoms with Crippen LogP contribution in [0.1, 0.15) is 23.7 Å². The Labute approximate surface area is 131 Å². The molecule has 1 aromatic rings. The Morgan fingerprint density at radius 3 is 2.41 bits per heavy atom. The Hall–Kier alpha value is -1.60. The predicted octanol–water partition coefficient (Wildman–Crippen LogP) is 1.19. The highest BCUT2D eigenvalue weighted by Gasteiger charge is 2.25. The number of hydrogen-bond donors (Lipinski definition) is 0. The smallest absolute Gasteiger partial charge is 0.253 e. The third-order valence-electron chi connectivity index (χ3n) is 3.84. The Bertz CT molecular complexity index is 613. The number of sulfonamides is 1. The molecule has 7 heteroatoms. The fourth-order valence-corrected chi connectivity index (χ4v) is 3.61. The number of rotatable bonds is 4. The average Bonchev–Trinajstić information content (AvgIpc) is 2.81. The molecule has 22 heavy (non-hydrogen) atoms. The van der Waals surface area contributed by atoms with E-state index in [1.807, 2.05) is 0 Å². The highest BCUT2D eigenvalue weighted by atomic mass is 32.2. The molecular weight excluding hydrogens is 304 g/mol. The molecule has 1 aromatic carbocycles. The first-order valence-electron chi connectivity index (χ1n) is 7.39. The highest BCUT2D eigenvalue weighted by molar-refractivity contribution is 7.89. The largest absolute Gasteiger partial charge is 0.497 e. The maximum Gasteiger partial charge on any atom is 0.253 e. The van der Waals surface area contributed by atoms with Crippen molar-refractivity contribution in [2.45, 2.75) is 13.3 Å². The maximum atomic E-state index is 12.5. The summed E-state index contributed by atoms with van der Waals surface area (Å²) >= 11 is 0. The van der Waals surface area contributed by atoms with Crippen LogP contribution in [0.5, 0.6) is 5.75 Å². The normalized spacial score (nSPS) is 17.1. The lowest BCUT2D eigenvalue weighted by Gasteiger charge is -2.21. The molecule has 0 aliphatic carbocycles. The Morgan fingerprint density at radius 2 is 1.82 bits per heavy atom. The summed E-state index contributed by atoms with van der Waals surface area (Å²) in [6.07, 6.45) is 0.654. The molecule has 0 spiro atoms. The van der Waals surface area contributed by atoms with Crippen molar-refractivity contribution in [2.24, 2.45) is 0 Å². The van der Waals surface area contributed by atoms with E-state index < -0.39 is 10.0 Å². The van der Waals surface area contributed by atoms with Crippen LogP contribution in [0.2, 0.25) is 0 Å². The second-order valence-electron chi connectivity index (χ2n) is 5.17. The highest BCUT2D eigenvalue weighted by Crippen LogP contribution is 2.15. The van der Waals surface area contributed by atoms with Gasteiger partial charge in [-0.25, -0.2) is 12.7 Å². The van der Waals surface area contributed by atoms with E-state index in [4.69, 9.17) is 4.74 Å². The fourth-order valence-electron chi connectivity index (χ4n) is 2.47.